The molecule has 0 unspecified atom stereocenters. The minimum Gasteiger partial charge on any atom is -0.481 e. The minimum atomic E-state index is -0.694. The molecule has 2 N–H and O–H groups in total. The van der Waals surface area contributed by atoms with Crippen molar-refractivity contribution >= 4 is 23.3 Å². The van der Waals surface area contributed by atoms with Gasteiger partial charge in [0.1, 0.15) is 0 Å². The summed E-state index contributed by atoms with van der Waals surface area (Å²) in [5.74, 6) is -0.694. The van der Waals surface area contributed by atoms with E-state index in [4.69, 9.17) is 16.7 Å². The van der Waals surface area contributed by atoms with Crippen molar-refractivity contribution in [1.29, 1.82) is 0 Å². The van der Waals surface area contributed by atoms with Crippen LogP contribution in [0.4, 0.5) is 5.69 Å². The van der Waals surface area contributed by atoms with Gasteiger partial charge in [0.15, 0.2) is 0 Å². The molecule has 0 atom stereocenters. The number of rotatable bonds is 4. The summed E-state index contributed by atoms with van der Waals surface area (Å²) in [7, 11) is 0. The van der Waals surface area contributed by atoms with Crippen LogP contribution in [0.3, 0.4) is 0 Å². The predicted molar refractivity (Wildman–Crippen MR) is 63.9 cm³/mol. The van der Waals surface area contributed by atoms with Gasteiger partial charge in [-0.05, 0) is 37.1 Å². The third-order valence-electron chi connectivity index (χ3n) is 3.24. The normalized spacial score (nSPS) is 17.6. The number of carboxylic acids is 1. The number of aliphatic carboxylic acids is 1. The smallest absolute Gasteiger partial charge is 0.311 e. The number of benzene rings is 1. The highest BCUT2D eigenvalue weighted by Gasteiger charge is 2.44. The molecule has 1 aliphatic carbocycles. The Morgan fingerprint density at radius 1 is 1.38 bits per heavy atom. The molecule has 16 heavy (non-hydrogen) atoms. The SMILES string of the molecule is O=C(O)C1(CNc2ccc(Cl)cc2)CCC1. The summed E-state index contributed by atoms with van der Waals surface area (Å²) in [6.07, 6.45) is 2.54. The Hall–Kier alpha value is -1.22. The first kappa shape index (κ1) is 11.3. The van der Waals surface area contributed by atoms with Gasteiger partial charge in [0, 0.05) is 17.3 Å². The van der Waals surface area contributed by atoms with Crippen molar-refractivity contribution in [3.63, 3.8) is 0 Å². The Morgan fingerprint density at radius 3 is 2.44 bits per heavy atom. The lowest BCUT2D eigenvalue weighted by Crippen LogP contribution is -2.43. The summed E-state index contributed by atoms with van der Waals surface area (Å²) in [6.45, 7) is 0.490. The number of carbonyl (C=O) groups is 1. The topological polar surface area (TPSA) is 49.3 Å². The minimum absolute atomic E-state index is 0.490. The van der Waals surface area contributed by atoms with Crippen LogP contribution in [-0.2, 0) is 4.79 Å². The highest BCUT2D eigenvalue weighted by molar-refractivity contribution is 6.30. The second-order valence-corrected chi connectivity index (χ2v) is 4.74. The molecule has 1 aromatic rings. The van der Waals surface area contributed by atoms with Gasteiger partial charge in [-0.15, -0.1) is 0 Å². The second-order valence-electron chi connectivity index (χ2n) is 4.30. The molecule has 4 heteroatoms. The molecule has 3 nitrogen and oxygen atoms in total. The first-order chi connectivity index (χ1) is 7.62. The van der Waals surface area contributed by atoms with Crippen LogP contribution in [0.2, 0.25) is 5.02 Å². The van der Waals surface area contributed by atoms with Crippen LogP contribution in [0.5, 0.6) is 0 Å². The molecule has 2 rings (SSSR count). The Labute approximate surface area is 99.4 Å². The summed E-state index contributed by atoms with van der Waals surface area (Å²) in [5.41, 5.74) is 0.358. The Kier molecular flexibility index (Phi) is 3.06. The fourth-order valence-electron chi connectivity index (χ4n) is 1.91. The predicted octanol–water partition coefficient (Wildman–Crippen LogP) is 3.01. The van der Waals surface area contributed by atoms with Gasteiger partial charge >= 0.3 is 5.97 Å². The number of hydrogen-bond acceptors (Lipinski definition) is 2. The van der Waals surface area contributed by atoms with Crippen LogP contribution in [-0.4, -0.2) is 17.6 Å². The average molecular weight is 240 g/mol. The lowest BCUT2D eigenvalue weighted by atomic mass is 9.69. The maximum Gasteiger partial charge on any atom is 0.311 e. The van der Waals surface area contributed by atoms with Gasteiger partial charge < -0.3 is 10.4 Å². The lowest BCUT2D eigenvalue weighted by molar-refractivity contribution is -0.153. The molecule has 86 valence electrons. The standard InChI is InChI=1S/C12H14ClNO2/c13-9-2-4-10(5-3-9)14-8-12(11(15)16)6-1-7-12/h2-5,14H,1,6-8H2,(H,15,16). The van der Waals surface area contributed by atoms with E-state index >= 15 is 0 Å². The van der Waals surface area contributed by atoms with Crippen molar-refractivity contribution in [2.45, 2.75) is 19.3 Å². The van der Waals surface area contributed by atoms with Crippen molar-refractivity contribution in [2.75, 3.05) is 11.9 Å². The van der Waals surface area contributed by atoms with Crippen molar-refractivity contribution in [1.82, 2.24) is 0 Å². The number of carboxylic acid groups (broad SMARTS) is 1. The lowest BCUT2D eigenvalue weighted by Gasteiger charge is -2.37. The van der Waals surface area contributed by atoms with Crippen LogP contribution in [0.15, 0.2) is 24.3 Å². The molecule has 0 radical (unpaired) electrons. The number of anilines is 1. The number of halogens is 1. The van der Waals surface area contributed by atoms with Crippen molar-refractivity contribution in [3.05, 3.63) is 29.3 Å². The molecule has 0 saturated heterocycles. The Balaban J connectivity index is 1.96. The molecule has 0 bridgehead atoms. The van der Waals surface area contributed by atoms with E-state index in [0.717, 1.165) is 24.9 Å². The van der Waals surface area contributed by atoms with Gasteiger partial charge in [0.25, 0.3) is 0 Å². The molecular formula is C12H14ClNO2. The fourth-order valence-corrected chi connectivity index (χ4v) is 2.03. The Bertz CT molecular complexity index is 385. The van der Waals surface area contributed by atoms with Crippen LogP contribution in [0.1, 0.15) is 19.3 Å². The monoisotopic (exact) mass is 239 g/mol. The van der Waals surface area contributed by atoms with Crippen LogP contribution in [0.25, 0.3) is 0 Å². The van der Waals surface area contributed by atoms with Crippen LogP contribution in [0, 0.1) is 5.41 Å². The van der Waals surface area contributed by atoms with Gasteiger partial charge in [-0.2, -0.15) is 0 Å². The quantitative estimate of drug-likeness (QED) is 0.849. The van der Waals surface area contributed by atoms with Crippen LogP contribution < -0.4 is 5.32 Å². The van der Waals surface area contributed by atoms with E-state index in [1.807, 2.05) is 12.1 Å². The first-order valence-electron chi connectivity index (χ1n) is 5.35. The van der Waals surface area contributed by atoms with Gasteiger partial charge in [-0.25, -0.2) is 0 Å². The zero-order valence-corrected chi connectivity index (χ0v) is 9.63. The summed E-state index contributed by atoms with van der Waals surface area (Å²) < 4.78 is 0. The van der Waals surface area contributed by atoms with Gasteiger partial charge in [0.2, 0.25) is 0 Å². The van der Waals surface area contributed by atoms with Gasteiger partial charge in [-0.1, -0.05) is 18.0 Å². The highest BCUT2D eigenvalue weighted by Crippen LogP contribution is 2.41. The zero-order chi connectivity index (χ0) is 11.6. The summed E-state index contributed by atoms with van der Waals surface area (Å²) >= 11 is 5.77. The van der Waals surface area contributed by atoms with E-state index < -0.39 is 11.4 Å². The first-order valence-corrected chi connectivity index (χ1v) is 5.73. The second kappa shape index (κ2) is 4.34. The molecule has 1 saturated carbocycles. The van der Waals surface area contributed by atoms with E-state index in [0.29, 0.717) is 11.6 Å². The van der Waals surface area contributed by atoms with Crippen LogP contribution >= 0.6 is 11.6 Å². The van der Waals surface area contributed by atoms with Crippen molar-refractivity contribution in [2.24, 2.45) is 5.41 Å². The van der Waals surface area contributed by atoms with E-state index in [1.165, 1.54) is 0 Å². The molecule has 0 heterocycles. The van der Waals surface area contributed by atoms with E-state index in [9.17, 15) is 4.79 Å². The maximum atomic E-state index is 11.1. The summed E-state index contributed by atoms with van der Waals surface area (Å²) in [5, 5.41) is 13.0. The Morgan fingerprint density at radius 2 is 2.00 bits per heavy atom. The van der Waals surface area contributed by atoms with Crippen molar-refractivity contribution in [3.8, 4) is 0 Å². The molecule has 1 fully saturated rings. The molecule has 1 aliphatic rings. The number of nitrogens with one attached hydrogen (secondary N) is 1. The summed E-state index contributed by atoms with van der Waals surface area (Å²) in [6, 6.07) is 7.29. The third kappa shape index (κ3) is 2.14. The molecule has 0 spiro atoms. The molecule has 0 amide bonds. The molecular weight excluding hydrogens is 226 g/mol. The fraction of sp³-hybridized carbons (Fsp3) is 0.417. The number of hydrogen-bond donors (Lipinski definition) is 2. The summed E-state index contributed by atoms with van der Waals surface area (Å²) in [4.78, 5) is 11.1. The van der Waals surface area contributed by atoms with Crippen molar-refractivity contribution < 1.29 is 9.90 Å². The maximum absolute atomic E-state index is 11.1. The molecule has 0 aliphatic heterocycles. The highest BCUT2D eigenvalue weighted by atomic mass is 35.5. The molecule has 1 aromatic carbocycles. The average Bonchev–Trinajstić information content (AvgIpc) is 2.18. The van der Waals surface area contributed by atoms with E-state index in [2.05, 4.69) is 5.32 Å². The van der Waals surface area contributed by atoms with Gasteiger partial charge in [0.05, 0.1) is 5.41 Å². The third-order valence-corrected chi connectivity index (χ3v) is 3.49. The van der Waals surface area contributed by atoms with E-state index in [1.54, 1.807) is 12.1 Å². The zero-order valence-electron chi connectivity index (χ0n) is 8.87. The molecule has 0 aromatic heterocycles. The van der Waals surface area contributed by atoms with E-state index in [-0.39, 0.29) is 0 Å². The largest absolute Gasteiger partial charge is 0.481 e. The van der Waals surface area contributed by atoms with Gasteiger partial charge in [-0.3, -0.25) is 4.79 Å².